The third-order valence-corrected chi connectivity index (χ3v) is 6.24. The van der Waals surface area contributed by atoms with Gasteiger partial charge in [0.15, 0.2) is 0 Å². The first-order valence-electron chi connectivity index (χ1n) is 10.6. The number of aliphatic imine (C=N–C) groups is 1. The van der Waals surface area contributed by atoms with Crippen LogP contribution < -0.4 is 5.32 Å². The highest BCUT2D eigenvalue weighted by Crippen LogP contribution is 2.38. The van der Waals surface area contributed by atoms with Crippen molar-refractivity contribution in [2.75, 3.05) is 25.1 Å². The van der Waals surface area contributed by atoms with E-state index in [-0.39, 0.29) is 43.5 Å². The van der Waals surface area contributed by atoms with Gasteiger partial charge < -0.3 is 20.1 Å². The molecule has 8 nitrogen and oxygen atoms in total. The minimum Gasteiger partial charge on any atom is -0.388 e. The van der Waals surface area contributed by atoms with Crippen LogP contribution in [0.2, 0.25) is 0 Å². The summed E-state index contributed by atoms with van der Waals surface area (Å²) in [5.41, 5.74) is 1.20. The maximum absolute atomic E-state index is 14.6. The molecule has 5 rings (SSSR count). The molecule has 0 radical (unpaired) electrons. The molecule has 3 aliphatic rings. The summed E-state index contributed by atoms with van der Waals surface area (Å²) in [6.45, 7) is 0.864. The van der Waals surface area contributed by atoms with Crippen LogP contribution in [0.15, 0.2) is 29.5 Å². The first-order chi connectivity index (χ1) is 16.0. The van der Waals surface area contributed by atoms with Crippen LogP contribution in [0.3, 0.4) is 0 Å². The van der Waals surface area contributed by atoms with Crippen LogP contribution in [-0.2, 0) is 16.1 Å². The van der Waals surface area contributed by atoms with E-state index in [1.807, 2.05) is 0 Å². The molecule has 33 heavy (non-hydrogen) atoms. The number of rotatable bonds is 4. The number of anilines is 1. The summed E-state index contributed by atoms with van der Waals surface area (Å²) in [4.78, 5) is 28.0. The number of amides is 1. The third-order valence-electron chi connectivity index (χ3n) is 6.24. The van der Waals surface area contributed by atoms with Gasteiger partial charge in [0.1, 0.15) is 29.5 Å². The molecule has 2 N–H and O–H groups in total. The van der Waals surface area contributed by atoms with Gasteiger partial charge in [0.25, 0.3) is 5.91 Å². The summed E-state index contributed by atoms with van der Waals surface area (Å²) in [6.07, 6.45) is 6.57. The minimum absolute atomic E-state index is 0.0776. The van der Waals surface area contributed by atoms with Gasteiger partial charge in [-0.15, -0.1) is 12.3 Å². The summed E-state index contributed by atoms with van der Waals surface area (Å²) in [7, 11) is 0. The smallest absolute Gasteiger partial charge is 0.273 e. The van der Waals surface area contributed by atoms with Crippen molar-refractivity contribution in [3.05, 3.63) is 53.0 Å². The third kappa shape index (κ3) is 3.83. The Hall–Kier alpha value is -3.42. The lowest BCUT2D eigenvalue weighted by Crippen LogP contribution is -2.38. The van der Waals surface area contributed by atoms with E-state index in [9.17, 15) is 18.7 Å². The van der Waals surface area contributed by atoms with Gasteiger partial charge in [-0.3, -0.25) is 9.79 Å². The Labute approximate surface area is 188 Å². The molecule has 2 saturated heterocycles. The van der Waals surface area contributed by atoms with E-state index in [1.54, 1.807) is 0 Å². The number of likely N-dealkylation sites (tertiary alicyclic amines) is 1. The fourth-order valence-corrected chi connectivity index (χ4v) is 4.55. The highest BCUT2D eigenvalue weighted by Gasteiger charge is 2.41. The van der Waals surface area contributed by atoms with Crippen molar-refractivity contribution in [2.24, 2.45) is 10.9 Å². The zero-order valence-electron chi connectivity index (χ0n) is 17.5. The van der Waals surface area contributed by atoms with Gasteiger partial charge in [0, 0.05) is 18.0 Å². The second kappa shape index (κ2) is 8.50. The monoisotopic (exact) mass is 453 g/mol. The molecular formula is C23H21F2N5O3. The highest BCUT2D eigenvalue weighted by molar-refractivity contribution is 6.47. The zero-order chi connectivity index (χ0) is 23.1. The zero-order valence-corrected chi connectivity index (χ0v) is 17.5. The molecule has 3 aliphatic heterocycles. The standard InChI is InChI=1S/C23H21F2N5O3/c1-2-12-5-18(14-6-13(24)3-4-15(14)25)30(8-12)23(32)21-20-16(7-26-21)27-11-28-22(20)29-17-9-33-10-19(17)31/h1,3-4,6,11-12,17-19,31H,5,7-10H2,(H,27,28,29)/t12?,17-,18-,19-/m1/s1. The normalized spacial score (nSPS) is 26.1. The first-order valence-corrected chi connectivity index (χ1v) is 10.6. The highest BCUT2D eigenvalue weighted by atomic mass is 19.1. The predicted octanol–water partition coefficient (Wildman–Crippen LogP) is 1.45. The van der Waals surface area contributed by atoms with E-state index in [0.717, 1.165) is 18.2 Å². The molecule has 2 fully saturated rings. The molecule has 0 saturated carbocycles. The van der Waals surface area contributed by atoms with Crippen molar-refractivity contribution in [2.45, 2.75) is 31.2 Å². The number of halogens is 2. The first kappa shape index (κ1) is 21.4. The SMILES string of the molecule is C#CC1C[C@H](c2cc(F)ccc2F)N(C(=O)C2=NCc3ncnc(N[C@@H]4COC[C@H]4O)c32)C1. The number of ether oxygens (including phenoxy) is 1. The quantitative estimate of drug-likeness (QED) is 0.680. The van der Waals surface area contributed by atoms with Crippen LogP contribution in [-0.4, -0.2) is 63.5 Å². The van der Waals surface area contributed by atoms with Crippen LogP contribution in [0.5, 0.6) is 0 Å². The number of benzene rings is 1. The molecule has 170 valence electrons. The van der Waals surface area contributed by atoms with E-state index >= 15 is 0 Å². The molecule has 1 unspecified atom stereocenters. The number of nitrogens with zero attached hydrogens (tertiary/aromatic N) is 4. The molecule has 2 aromatic rings. The minimum atomic E-state index is -0.730. The number of hydrogen-bond donors (Lipinski definition) is 2. The van der Waals surface area contributed by atoms with Crippen LogP contribution in [0.25, 0.3) is 0 Å². The second-order valence-corrected chi connectivity index (χ2v) is 8.30. The van der Waals surface area contributed by atoms with Crippen molar-refractivity contribution in [3.8, 4) is 12.3 Å². The fraction of sp³-hybridized carbons (Fsp3) is 0.391. The van der Waals surface area contributed by atoms with E-state index in [1.165, 1.54) is 11.2 Å². The lowest BCUT2D eigenvalue weighted by Gasteiger charge is -2.26. The summed E-state index contributed by atoms with van der Waals surface area (Å²) in [5.74, 6) is 1.03. The van der Waals surface area contributed by atoms with Gasteiger partial charge in [-0.25, -0.2) is 18.7 Å². The molecule has 0 spiro atoms. The molecular weight excluding hydrogens is 432 g/mol. The molecule has 0 bridgehead atoms. The molecule has 1 amide bonds. The Kier molecular flexibility index (Phi) is 5.52. The van der Waals surface area contributed by atoms with Crippen LogP contribution in [0.4, 0.5) is 14.6 Å². The molecule has 1 aromatic carbocycles. The van der Waals surface area contributed by atoms with Gasteiger partial charge in [-0.1, -0.05) is 0 Å². The van der Waals surface area contributed by atoms with Crippen molar-refractivity contribution in [1.29, 1.82) is 0 Å². The van der Waals surface area contributed by atoms with Gasteiger partial charge >= 0.3 is 0 Å². The number of nitrogens with one attached hydrogen (secondary N) is 1. The van der Waals surface area contributed by atoms with Gasteiger partial charge in [0.05, 0.1) is 49.2 Å². The maximum atomic E-state index is 14.6. The van der Waals surface area contributed by atoms with E-state index in [4.69, 9.17) is 11.2 Å². The number of hydrogen-bond acceptors (Lipinski definition) is 7. The molecule has 10 heteroatoms. The van der Waals surface area contributed by atoms with Crippen molar-refractivity contribution >= 4 is 17.4 Å². The fourth-order valence-electron chi connectivity index (χ4n) is 4.55. The molecule has 4 heterocycles. The van der Waals surface area contributed by atoms with Crippen molar-refractivity contribution < 1.29 is 23.4 Å². The second-order valence-electron chi connectivity index (χ2n) is 8.30. The Morgan fingerprint density at radius 1 is 1.30 bits per heavy atom. The van der Waals surface area contributed by atoms with Crippen LogP contribution >= 0.6 is 0 Å². The number of carbonyl (C=O) groups is 1. The summed E-state index contributed by atoms with van der Waals surface area (Å²) >= 11 is 0. The average molecular weight is 453 g/mol. The summed E-state index contributed by atoms with van der Waals surface area (Å²) in [5, 5.41) is 13.2. The van der Waals surface area contributed by atoms with E-state index in [0.29, 0.717) is 23.5 Å². The largest absolute Gasteiger partial charge is 0.388 e. The van der Waals surface area contributed by atoms with Gasteiger partial charge in [0.2, 0.25) is 0 Å². The topological polar surface area (TPSA) is 99.9 Å². The number of aliphatic hydroxyl groups excluding tert-OH is 1. The average Bonchev–Trinajstić information content (AvgIpc) is 3.54. The number of carbonyl (C=O) groups excluding carboxylic acids is 1. The Balaban J connectivity index is 1.48. The maximum Gasteiger partial charge on any atom is 0.273 e. The number of fused-ring (bicyclic) bond motifs is 1. The number of terminal acetylenes is 1. The van der Waals surface area contributed by atoms with Crippen LogP contribution in [0, 0.1) is 29.9 Å². The van der Waals surface area contributed by atoms with E-state index in [2.05, 4.69) is 26.2 Å². The molecule has 4 atom stereocenters. The van der Waals surface area contributed by atoms with Gasteiger partial charge in [-0.2, -0.15) is 0 Å². The lowest BCUT2D eigenvalue weighted by atomic mass is 9.99. The summed E-state index contributed by atoms with van der Waals surface area (Å²) in [6, 6.07) is 2.05. The van der Waals surface area contributed by atoms with Crippen molar-refractivity contribution in [3.63, 3.8) is 0 Å². The predicted molar refractivity (Wildman–Crippen MR) is 114 cm³/mol. The molecule has 0 aliphatic carbocycles. The van der Waals surface area contributed by atoms with Crippen molar-refractivity contribution in [1.82, 2.24) is 14.9 Å². The molecule has 1 aromatic heterocycles. The van der Waals surface area contributed by atoms with E-state index < -0.39 is 35.7 Å². The Morgan fingerprint density at radius 3 is 2.91 bits per heavy atom. The number of aliphatic hydroxyl groups is 1. The number of aromatic nitrogens is 2. The van der Waals surface area contributed by atoms with Gasteiger partial charge in [-0.05, 0) is 24.6 Å². The summed E-state index contributed by atoms with van der Waals surface area (Å²) < 4.78 is 33.8. The Bertz CT molecular complexity index is 1180. The van der Waals surface area contributed by atoms with Crippen LogP contribution in [0.1, 0.15) is 29.3 Å². The Morgan fingerprint density at radius 2 is 2.15 bits per heavy atom. The lowest BCUT2D eigenvalue weighted by molar-refractivity contribution is -0.125.